The van der Waals surface area contributed by atoms with Crippen LogP contribution < -0.4 is 0 Å². The van der Waals surface area contributed by atoms with Crippen molar-refractivity contribution in [1.29, 1.82) is 0 Å². The van der Waals surface area contributed by atoms with Gasteiger partial charge >= 0.3 is 34.8 Å². The molecule has 0 aromatic heterocycles. The molecule has 0 aromatic rings. The van der Waals surface area contributed by atoms with Gasteiger partial charge in [0.1, 0.15) is 0 Å². The molecule has 0 saturated carbocycles. The predicted molar refractivity (Wildman–Crippen MR) is 32.2 cm³/mol. The zero-order chi connectivity index (χ0) is 4.12. The third-order valence-corrected chi connectivity index (χ3v) is 2.12. The monoisotopic (exact) mass is 92.1 g/mol. The Labute approximate surface area is 35.7 Å². The van der Waals surface area contributed by atoms with Crippen molar-refractivity contribution < 1.29 is 0 Å². The van der Waals surface area contributed by atoms with Gasteiger partial charge < -0.3 is 0 Å². The Morgan fingerprint density at radius 1 is 1.20 bits per heavy atom. The van der Waals surface area contributed by atoms with E-state index in [0.29, 0.717) is 8.58 Å². The van der Waals surface area contributed by atoms with Crippen LogP contribution in [0.15, 0.2) is 0 Å². The van der Waals surface area contributed by atoms with Crippen LogP contribution in [0.5, 0.6) is 0 Å². The van der Waals surface area contributed by atoms with Crippen LogP contribution >= 0.6 is 8.58 Å². The average Bonchev–Trinajstić information content (AvgIpc) is 1.41. The first-order valence-electron chi connectivity index (χ1n) is 2.41. The molecular weight excluding hydrogens is 79.0 g/mol. The number of rotatable bonds is 2. The fourth-order valence-corrected chi connectivity index (χ4v) is 1.06. The maximum absolute atomic E-state index is 2.27. The summed E-state index contributed by atoms with van der Waals surface area (Å²) in [6.07, 6.45) is 2.97. The van der Waals surface area contributed by atoms with Gasteiger partial charge in [-0.05, 0) is 0 Å². The summed E-state index contributed by atoms with van der Waals surface area (Å²) in [6, 6.07) is 0. The molecule has 0 rings (SSSR count). The molecule has 0 nitrogen and oxygen atoms in total. The molecule has 0 aliphatic heterocycles. The van der Waals surface area contributed by atoms with E-state index in [-0.39, 0.29) is 0 Å². The molecule has 0 heterocycles. The van der Waals surface area contributed by atoms with E-state index in [1.54, 1.807) is 0 Å². The summed E-state index contributed by atoms with van der Waals surface area (Å²) in [5.74, 6) is 0. The molecule has 34 valence electrons. The summed E-state index contributed by atoms with van der Waals surface area (Å²) in [5.41, 5.74) is 0. The molecule has 0 N–H and O–H groups in total. The van der Waals surface area contributed by atoms with Crippen molar-refractivity contribution in [2.24, 2.45) is 0 Å². The summed E-state index contributed by atoms with van der Waals surface area (Å²) in [5, 5.41) is 0. The van der Waals surface area contributed by atoms with Crippen molar-refractivity contribution in [3.63, 3.8) is 0 Å². The van der Waals surface area contributed by atoms with Gasteiger partial charge in [-0.15, -0.1) is 0 Å². The molecule has 0 amide bonds. The molecule has 0 atom stereocenters. The van der Waals surface area contributed by atoms with Crippen LogP contribution in [0.4, 0.5) is 0 Å². The van der Waals surface area contributed by atoms with Crippen LogP contribution in [0.2, 0.25) is 0 Å². The topological polar surface area (TPSA) is 0 Å². The second-order valence-corrected chi connectivity index (χ2v) is 4.06. The Bertz CT molecular complexity index is 11.1. The molecule has 0 radical (unpaired) electrons. The van der Waals surface area contributed by atoms with Gasteiger partial charge in [0.05, 0.1) is 0 Å². The Hall–Kier alpha value is 0.430. The van der Waals surface area contributed by atoms with Crippen molar-refractivity contribution in [3.8, 4) is 0 Å². The van der Waals surface area contributed by atoms with Gasteiger partial charge in [0.15, 0.2) is 0 Å². The van der Waals surface area contributed by atoms with Crippen molar-refractivity contribution in [1.82, 2.24) is 0 Å². The van der Waals surface area contributed by atoms with E-state index in [4.69, 9.17) is 0 Å². The number of hydrogen-bond donors (Lipinski definition) is 0. The first kappa shape index (κ1) is 5.43. The summed E-state index contributed by atoms with van der Waals surface area (Å²) < 4.78 is 0. The molecular formula is C4H13P. The first-order valence-corrected chi connectivity index (χ1v) is 4.41. The van der Waals surface area contributed by atoms with E-state index < -0.39 is 0 Å². The summed E-state index contributed by atoms with van der Waals surface area (Å²) >= 11 is 0. The quantitative estimate of drug-likeness (QED) is 0.448. The van der Waals surface area contributed by atoms with E-state index in [1.807, 2.05) is 0 Å². The van der Waals surface area contributed by atoms with Gasteiger partial charge in [-0.3, -0.25) is 0 Å². The van der Waals surface area contributed by atoms with Crippen LogP contribution in [-0.2, 0) is 0 Å². The standard InChI is InChI=1S/C4H13P/c1-3-5-4-2/h3-4H2,1-2,5H3. The van der Waals surface area contributed by atoms with Crippen LogP contribution in [0, 0.1) is 0 Å². The van der Waals surface area contributed by atoms with E-state index in [2.05, 4.69) is 13.8 Å². The molecule has 0 unspecified atom stereocenters. The second-order valence-electron chi connectivity index (χ2n) is 1.35. The van der Waals surface area contributed by atoms with Gasteiger partial charge in [0, 0.05) is 0 Å². The fraction of sp³-hybridized carbons (Fsp3) is 1.00. The first-order chi connectivity index (χ1) is 2.41. The van der Waals surface area contributed by atoms with Gasteiger partial charge in [-0.1, -0.05) is 0 Å². The Morgan fingerprint density at radius 2 is 1.60 bits per heavy atom. The molecule has 0 fully saturated rings. The van der Waals surface area contributed by atoms with Crippen LogP contribution in [0.25, 0.3) is 0 Å². The number of hydrogen-bond acceptors (Lipinski definition) is 0. The zero-order valence-electron chi connectivity index (χ0n) is 4.12. The second kappa shape index (κ2) is 4.43. The van der Waals surface area contributed by atoms with Crippen LogP contribution in [0.1, 0.15) is 13.8 Å². The molecule has 5 heavy (non-hydrogen) atoms. The van der Waals surface area contributed by atoms with Crippen molar-refractivity contribution in [2.45, 2.75) is 13.8 Å². The molecule has 0 saturated heterocycles. The van der Waals surface area contributed by atoms with E-state index in [9.17, 15) is 0 Å². The van der Waals surface area contributed by atoms with Crippen LogP contribution in [0.3, 0.4) is 0 Å². The fourth-order valence-electron chi connectivity index (χ4n) is 0.354. The van der Waals surface area contributed by atoms with Gasteiger partial charge in [-0.25, -0.2) is 0 Å². The van der Waals surface area contributed by atoms with E-state index in [1.165, 1.54) is 12.3 Å². The van der Waals surface area contributed by atoms with Crippen LogP contribution in [-0.4, -0.2) is 12.3 Å². The van der Waals surface area contributed by atoms with Crippen molar-refractivity contribution in [3.05, 3.63) is 0 Å². The van der Waals surface area contributed by atoms with Gasteiger partial charge in [0.25, 0.3) is 0 Å². The van der Waals surface area contributed by atoms with E-state index >= 15 is 0 Å². The van der Waals surface area contributed by atoms with Crippen molar-refractivity contribution >= 4 is 8.58 Å². The average molecular weight is 92.1 g/mol. The zero-order valence-corrected chi connectivity index (χ0v) is 5.54. The summed E-state index contributed by atoms with van der Waals surface area (Å²) in [6.45, 7) is 4.55. The molecule has 0 aromatic carbocycles. The third kappa shape index (κ3) is 4.43. The predicted octanol–water partition coefficient (Wildman–Crippen LogP) is 1.17. The maximum atomic E-state index is 2.27. The Kier molecular flexibility index (Phi) is 4.81. The minimum absolute atomic E-state index is 0.432. The molecule has 0 bridgehead atoms. The Morgan fingerprint density at radius 3 is 1.60 bits per heavy atom. The minimum atomic E-state index is 0.432. The van der Waals surface area contributed by atoms with E-state index in [0.717, 1.165) is 0 Å². The molecule has 1 heteroatoms. The summed E-state index contributed by atoms with van der Waals surface area (Å²) in [7, 11) is 0.432. The SMILES string of the molecule is CC[PH3]CC. The summed E-state index contributed by atoms with van der Waals surface area (Å²) in [4.78, 5) is 0. The molecule has 0 aliphatic rings. The third-order valence-electron chi connectivity index (χ3n) is 0.707. The Balaban J connectivity index is 2.19. The van der Waals surface area contributed by atoms with Crippen molar-refractivity contribution in [2.75, 3.05) is 12.3 Å². The molecule has 0 aliphatic carbocycles. The van der Waals surface area contributed by atoms with Gasteiger partial charge in [-0.2, -0.15) is 0 Å². The van der Waals surface area contributed by atoms with Gasteiger partial charge in [0.2, 0.25) is 0 Å². The normalized spacial score (nSPS) is 9.20. The molecule has 0 spiro atoms.